The van der Waals surface area contributed by atoms with Gasteiger partial charge >= 0.3 is 0 Å². The molecule has 5 nitrogen and oxygen atoms in total. The van der Waals surface area contributed by atoms with Crippen LogP contribution in [0.25, 0.3) is 0 Å². The van der Waals surface area contributed by atoms with Crippen LogP contribution in [0.15, 0.2) is 12.4 Å². The summed E-state index contributed by atoms with van der Waals surface area (Å²) in [6, 6.07) is 0. The van der Waals surface area contributed by atoms with Gasteiger partial charge in [-0.1, -0.05) is 0 Å². The molecule has 1 aromatic heterocycles. The molecule has 0 saturated carbocycles. The second-order valence-electron chi connectivity index (χ2n) is 4.93. The van der Waals surface area contributed by atoms with Crippen molar-refractivity contribution < 1.29 is 5.11 Å². The molecule has 1 aliphatic heterocycles. The summed E-state index contributed by atoms with van der Waals surface area (Å²) < 4.78 is 0. The average Bonchev–Trinajstić information content (AvgIpc) is 2.50. The third-order valence-electron chi connectivity index (χ3n) is 3.27. The maximum atomic E-state index is 10.0. The summed E-state index contributed by atoms with van der Waals surface area (Å²) in [7, 11) is 0. The van der Waals surface area contributed by atoms with E-state index in [2.05, 4.69) is 14.9 Å². The van der Waals surface area contributed by atoms with E-state index in [-0.39, 0.29) is 0 Å². The quantitative estimate of drug-likeness (QED) is 0.789. The Labute approximate surface area is 102 Å². The molecular weight excluding hydrogens is 216 g/mol. The van der Waals surface area contributed by atoms with Crippen molar-refractivity contribution in [3.8, 4) is 0 Å². The van der Waals surface area contributed by atoms with Crippen molar-refractivity contribution in [2.45, 2.75) is 38.3 Å². The highest BCUT2D eigenvalue weighted by atomic mass is 16.3. The Balaban J connectivity index is 2.06. The molecule has 1 aromatic rings. The zero-order chi connectivity index (χ0) is 12.3. The Morgan fingerprint density at radius 3 is 2.71 bits per heavy atom. The Kier molecular flexibility index (Phi) is 3.59. The number of anilines is 1. The Bertz CT molecular complexity index is 363. The lowest BCUT2D eigenvalue weighted by Crippen LogP contribution is -2.29. The van der Waals surface area contributed by atoms with Gasteiger partial charge in [-0.15, -0.1) is 0 Å². The fourth-order valence-electron chi connectivity index (χ4n) is 2.08. The molecule has 1 saturated heterocycles. The first-order valence-corrected chi connectivity index (χ1v) is 6.09. The van der Waals surface area contributed by atoms with Gasteiger partial charge in [-0.3, -0.25) is 0 Å². The molecule has 17 heavy (non-hydrogen) atoms. The lowest BCUT2D eigenvalue weighted by molar-refractivity contribution is 0.0481. The van der Waals surface area contributed by atoms with Gasteiger partial charge in [0, 0.05) is 37.6 Å². The predicted octanol–water partition coefficient (Wildman–Crippen LogP) is 0.677. The fraction of sp³-hybridized carbons (Fsp3) is 0.667. The molecule has 5 heteroatoms. The second-order valence-corrected chi connectivity index (χ2v) is 4.93. The van der Waals surface area contributed by atoms with Crippen LogP contribution in [0.5, 0.6) is 0 Å². The molecule has 0 aromatic carbocycles. The molecule has 0 bridgehead atoms. The predicted molar refractivity (Wildman–Crippen MR) is 66.6 cm³/mol. The van der Waals surface area contributed by atoms with Crippen LogP contribution in [-0.4, -0.2) is 33.8 Å². The Morgan fingerprint density at radius 1 is 1.35 bits per heavy atom. The van der Waals surface area contributed by atoms with E-state index in [4.69, 9.17) is 5.73 Å². The first-order valence-electron chi connectivity index (χ1n) is 6.09. The lowest BCUT2D eigenvalue weighted by atomic mass is 9.98. The van der Waals surface area contributed by atoms with Crippen LogP contribution < -0.4 is 10.6 Å². The van der Waals surface area contributed by atoms with Gasteiger partial charge in [0.05, 0.1) is 5.60 Å². The summed E-state index contributed by atoms with van der Waals surface area (Å²) in [6.45, 7) is 4.07. The molecule has 0 radical (unpaired) electrons. The van der Waals surface area contributed by atoms with Crippen molar-refractivity contribution in [2.24, 2.45) is 5.73 Å². The lowest BCUT2D eigenvalue weighted by Gasteiger charge is -2.22. The minimum absolute atomic E-state index is 0.467. The zero-order valence-corrected chi connectivity index (χ0v) is 10.3. The van der Waals surface area contributed by atoms with E-state index in [1.54, 1.807) is 12.4 Å². The average molecular weight is 236 g/mol. The maximum absolute atomic E-state index is 10.0. The van der Waals surface area contributed by atoms with Crippen LogP contribution in [0.4, 0.5) is 5.95 Å². The first-order chi connectivity index (χ1) is 8.11. The number of hydrogen-bond donors (Lipinski definition) is 2. The Morgan fingerprint density at radius 2 is 2.06 bits per heavy atom. The summed E-state index contributed by atoms with van der Waals surface area (Å²) in [5.41, 5.74) is 5.90. The van der Waals surface area contributed by atoms with E-state index in [0.717, 1.165) is 43.9 Å². The van der Waals surface area contributed by atoms with E-state index in [1.165, 1.54) is 0 Å². The summed E-state index contributed by atoms with van der Waals surface area (Å²) in [4.78, 5) is 10.8. The number of nitrogens with zero attached hydrogens (tertiary/aromatic N) is 3. The molecule has 1 aliphatic rings. The maximum Gasteiger partial charge on any atom is 0.225 e. The smallest absolute Gasteiger partial charge is 0.225 e. The second kappa shape index (κ2) is 4.98. The van der Waals surface area contributed by atoms with Crippen molar-refractivity contribution in [1.29, 1.82) is 0 Å². The van der Waals surface area contributed by atoms with Gasteiger partial charge in [-0.2, -0.15) is 0 Å². The number of aromatic nitrogens is 2. The van der Waals surface area contributed by atoms with Crippen LogP contribution in [0.3, 0.4) is 0 Å². The SMILES string of the molecule is CC1(O)CCCN(c2ncc(CN)cn2)CC1. The van der Waals surface area contributed by atoms with E-state index in [1.807, 2.05) is 6.92 Å². The number of hydrogen-bond acceptors (Lipinski definition) is 5. The third-order valence-corrected chi connectivity index (χ3v) is 3.27. The molecule has 2 heterocycles. The molecule has 0 amide bonds. The van der Waals surface area contributed by atoms with E-state index in [9.17, 15) is 5.11 Å². The van der Waals surface area contributed by atoms with Crippen LogP contribution in [0, 0.1) is 0 Å². The van der Waals surface area contributed by atoms with Crippen molar-refractivity contribution in [3.05, 3.63) is 18.0 Å². The molecule has 3 N–H and O–H groups in total. The topological polar surface area (TPSA) is 75.3 Å². The Hall–Kier alpha value is -1.20. The standard InChI is InChI=1S/C12H20N4O/c1-12(17)3-2-5-16(6-4-12)11-14-8-10(7-13)9-15-11/h8-9,17H,2-7,13H2,1H3. The van der Waals surface area contributed by atoms with Crippen LogP contribution >= 0.6 is 0 Å². The van der Waals surface area contributed by atoms with Crippen LogP contribution in [0.1, 0.15) is 31.7 Å². The monoisotopic (exact) mass is 236 g/mol. The summed E-state index contributed by atoms with van der Waals surface area (Å²) >= 11 is 0. The molecule has 1 atom stereocenters. The molecule has 2 rings (SSSR count). The van der Waals surface area contributed by atoms with Gasteiger partial charge in [0.15, 0.2) is 0 Å². The highest BCUT2D eigenvalue weighted by molar-refractivity contribution is 5.30. The van der Waals surface area contributed by atoms with E-state index >= 15 is 0 Å². The van der Waals surface area contributed by atoms with Crippen LogP contribution in [-0.2, 0) is 6.54 Å². The van der Waals surface area contributed by atoms with Crippen molar-refractivity contribution in [3.63, 3.8) is 0 Å². The summed E-state index contributed by atoms with van der Waals surface area (Å²) in [5.74, 6) is 0.736. The van der Waals surface area contributed by atoms with Crippen molar-refractivity contribution >= 4 is 5.95 Å². The third kappa shape index (κ3) is 3.14. The highest BCUT2D eigenvalue weighted by Gasteiger charge is 2.25. The zero-order valence-electron chi connectivity index (χ0n) is 10.3. The molecular formula is C12H20N4O. The highest BCUT2D eigenvalue weighted by Crippen LogP contribution is 2.23. The number of rotatable bonds is 2. The number of aliphatic hydroxyl groups is 1. The van der Waals surface area contributed by atoms with Crippen LogP contribution in [0.2, 0.25) is 0 Å². The minimum atomic E-state index is -0.550. The fourth-order valence-corrected chi connectivity index (χ4v) is 2.08. The molecule has 1 fully saturated rings. The first kappa shape index (κ1) is 12.3. The van der Waals surface area contributed by atoms with Gasteiger partial charge in [0.25, 0.3) is 0 Å². The van der Waals surface area contributed by atoms with Crippen molar-refractivity contribution in [1.82, 2.24) is 9.97 Å². The molecule has 1 unspecified atom stereocenters. The molecule has 0 aliphatic carbocycles. The van der Waals surface area contributed by atoms with E-state index in [0.29, 0.717) is 6.54 Å². The normalized spacial score (nSPS) is 25.7. The minimum Gasteiger partial charge on any atom is -0.390 e. The van der Waals surface area contributed by atoms with Gasteiger partial charge in [-0.25, -0.2) is 9.97 Å². The summed E-state index contributed by atoms with van der Waals surface area (Å²) in [5, 5.41) is 10.0. The molecule has 0 spiro atoms. The van der Waals surface area contributed by atoms with E-state index < -0.39 is 5.60 Å². The number of nitrogens with two attached hydrogens (primary N) is 1. The van der Waals surface area contributed by atoms with Gasteiger partial charge in [0.1, 0.15) is 0 Å². The van der Waals surface area contributed by atoms with Gasteiger partial charge in [0.2, 0.25) is 5.95 Å². The largest absolute Gasteiger partial charge is 0.390 e. The summed E-state index contributed by atoms with van der Waals surface area (Å²) in [6.07, 6.45) is 6.10. The van der Waals surface area contributed by atoms with Gasteiger partial charge in [-0.05, 0) is 26.2 Å². The van der Waals surface area contributed by atoms with Gasteiger partial charge < -0.3 is 15.7 Å². The van der Waals surface area contributed by atoms with Crippen molar-refractivity contribution in [2.75, 3.05) is 18.0 Å². The molecule has 94 valence electrons.